The van der Waals surface area contributed by atoms with Crippen molar-refractivity contribution in [3.05, 3.63) is 33.3 Å². The second-order valence-electron chi connectivity index (χ2n) is 4.78. The fourth-order valence-corrected chi connectivity index (χ4v) is 3.07. The lowest BCUT2D eigenvalue weighted by molar-refractivity contribution is -0.131. The Morgan fingerprint density at radius 3 is 2.86 bits per heavy atom. The molecule has 1 aromatic rings. The van der Waals surface area contributed by atoms with Crippen LogP contribution in [0.2, 0.25) is 5.02 Å². The molecule has 120 valence electrons. The van der Waals surface area contributed by atoms with Gasteiger partial charge in [0, 0.05) is 36.3 Å². The number of carboxylic acids is 1. The third kappa shape index (κ3) is 5.28. The molecule has 2 rings (SSSR count). The zero-order valence-electron chi connectivity index (χ0n) is 11.9. The summed E-state index contributed by atoms with van der Waals surface area (Å²) >= 11 is 9.41. The number of hydrogen-bond donors (Lipinski definition) is 1. The molecule has 1 aromatic carbocycles. The maximum atomic E-state index is 10.7. The van der Waals surface area contributed by atoms with Gasteiger partial charge in [-0.05, 0) is 34.1 Å². The zero-order valence-corrected chi connectivity index (χ0v) is 14.3. The van der Waals surface area contributed by atoms with Crippen LogP contribution < -0.4 is 4.74 Å². The molecule has 1 fully saturated rings. The van der Waals surface area contributed by atoms with Crippen LogP contribution in [0.1, 0.15) is 5.56 Å². The fraction of sp³-hybridized carbons (Fsp3) is 0.400. The summed E-state index contributed by atoms with van der Waals surface area (Å²) in [5.41, 5.74) is 0.628. The smallest absolute Gasteiger partial charge is 0.328 e. The number of carboxylic acid groups (broad SMARTS) is 1. The van der Waals surface area contributed by atoms with Crippen molar-refractivity contribution in [2.75, 3.05) is 39.5 Å². The van der Waals surface area contributed by atoms with Gasteiger partial charge in [-0.2, -0.15) is 0 Å². The molecule has 0 aliphatic carbocycles. The van der Waals surface area contributed by atoms with Gasteiger partial charge < -0.3 is 14.6 Å². The van der Waals surface area contributed by atoms with Crippen LogP contribution in [0.15, 0.2) is 22.7 Å². The molecule has 7 heteroatoms. The average molecular weight is 391 g/mol. The van der Waals surface area contributed by atoms with Crippen molar-refractivity contribution in [3.63, 3.8) is 0 Å². The third-order valence-electron chi connectivity index (χ3n) is 3.20. The van der Waals surface area contributed by atoms with Crippen molar-refractivity contribution in [3.8, 4) is 5.75 Å². The quantitative estimate of drug-likeness (QED) is 0.757. The van der Waals surface area contributed by atoms with Gasteiger partial charge in [0.1, 0.15) is 12.4 Å². The first-order chi connectivity index (χ1) is 10.6. The van der Waals surface area contributed by atoms with Crippen LogP contribution in [0.5, 0.6) is 5.75 Å². The first kappa shape index (κ1) is 17.3. The summed E-state index contributed by atoms with van der Waals surface area (Å²) in [6.07, 6.45) is 2.54. The monoisotopic (exact) mass is 389 g/mol. The lowest BCUT2D eigenvalue weighted by atomic mass is 10.2. The van der Waals surface area contributed by atoms with Gasteiger partial charge in [0.2, 0.25) is 0 Å². The predicted octanol–water partition coefficient (Wildman–Crippen LogP) is 2.91. The van der Waals surface area contributed by atoms with E-state index in [0.717, 1.165) is 38.9 Å². The summed E-state index contributed by atoms with van der Waals surface area (Å²) in [4.78, 5) is 12.9. The van der Waals surface area contributed by atoms with Crippen LogP contribution >= 0.6 is 27.5 Å². The van der Waals surface area contributed by atoms with Crippen molar-refractivity contribution < 1.29 is 19.4 Å². The molecular formula is C15H17BrClNO4. The highest BCUT2D eigenvalue weighted by molar-refractivity contribution is 9.10. The van der Waals surface area contributed by atoms with Crippen molar-refractivity contribution in [2.45, 2.75) is 0 Å². The Kier molecular flexibility index (Phi) is 6.70. The van der Waals surface area contributed by atoms with Crippen LogP contribution in [-0.4, -0.2) is 55.4 Å². The van der Waals surface area contributed by atoms with Crippen LogP contribution in [0, 0.1) is 0 Å². The molecular weight excluding hydrogens is 374 g/mol. The van der Waals surface area contributed by atoms with Gasteiger partial charge in [-0.25, -0.2) is 4.79 Å². The highest BCUT2D eigenvalue weighted by Gasteiger charge is 2.12. The summed E-state index contributed by atoms with van der Waals surface area (Å²) in [6, 6.07) is 3.40. The highest BCUT2D eigenvalue weighted by Crippen LogP contribution is 2.33. The molecule has 0 amide bonds. The number of benzene rings is 1. The molecule has 1 aliphatic heterocycles. The van der Waals surface area contributed by atoms with Crippen molar-refractivity contribution in [1.82, 2.24) is 4.90 Å². The Bertz CT molecular complexity index is 559. The number of ether oxygens (including phenoxy) is 2. The molecule has 22 heavy (non-hydrogen) atoms. The number of aliphatic carboxylic acids is 1. The van der Waals surface area contributed by atoms with E-state index in [9.17, 15) is 4.79 Å². The summed E-state index contributed by atoms with van der Waals surface area (Å²) in [6.45, 7) is 4.59. The van der Waals surface area contributed by atoms with Gasteiger partial charge in [0.15, 0.2) is 0 Å². The van der Waals surface area contributed by atoms with E-state index in [0.29, 0.717) is 27.4 Å². The van der Waals surface area contributed by atoms with E-state index in [2.05, 4.69) is 20.8 Å². The topological polar surface area (TPSA) is 59.0 Å². The molecule has 1 saturated heterocycles. The highest BCUT2D eigenvalue weighted by atomic mass is 79.9. The molecule has 1 aliphatic rings. The summed E-state index contributed by atoms with van der Waals surface area (Å²) < 4.78 is 11.8. The second-order valence-corrected chi connectivity index (χ2v) is 6.07. The van der Waals surface area contributed by atoms with Crippen LogP contribution in [0.3, 0.4) is 0 Å². The Hall–Kier alpha value is -1.08. The van der Waals surface area contributed by atoms with E-state index in [1.807, 2.05) is 0 Å². The Morgan fingerprint density at radius 1 is 1.45 bits per heavy atom. The van der Waals surface area contributed by atoms with Crippen LogP contribution in [-0.2, 0) is 9.53 Å². The number of hydrogen-bond acceptors (Lipinski definition) is 4. The van der Waals surface area contributed by atoms with Crippen molar-refractivity contribution >= 4 is 39.6 Å². The average Bonchev–Trinajstić information content (AvgIpc) is 2.48. The maximum absolute atomic E-state index is 10.7. The number of rotatable bonds is 6. The number of halogens is 2. The SMILES string of the molecule is O=C(O)/C=C/c1cc(Cl)cc(Br)c1OCCN1CCOCC1. The Balaban J connectivity index is 2.03. The van der Waals surface area contributed by atoms with E-state index in [4.69, 9.17) is 26.2 Å². The third-order valence-corrected chi connectivity index (χ3v) is 4.01. The molecule has 5 nitrogen and oxygen atoms in total. The van der Waals surface area contributed by atoms with Crippen LogP contribution in [0.25, 0.3) is 6.08 Å². The lowest BCUT2D eigenvalue weighted by Crippen LogP contribution is -2.38. The number of carbonyl (C=O) groups is 1. The molecule has 1 N–H and O–H groups in total. The summed E-state index contributed by atoms with van der Waals surface area (Å²) in [5, 5.41) is 9.27. The molecule has 0 atom stereocenters. The van der Waals surface area contributed by atoms with E-state index in [1.165, 1.54) is 6.08 Å². The van der Waals surface area contributed by atoms with Crippen molar-refractivity contribution in [2.24, 2.45) is 0 Å². The maximum Gasteiger partial charge on any atom is 0.328 e. The second kappa shape index (κ2) is 8.53. The molecule has 1 heterocycles. The zero-order chi connectivity index (χ0) is 15.9. The van der Waals surface area contributed by atoms with Gasteiger partial charge in [-0.1, -0.05) is 11.6 Å². The summed E-state index contributed by atoms with van der Waals surface area (Å²) in [5.74, 6) is -0.425. The molecule has 0 saturated carbocycles. The first-order valence-corrected chi connectivity index (χ1v) is 8.06. The molecule has 0 radical (unpaired) electrons. The van der Waals surface area contributed by atoms with E-state index < -0.39 is 5.97 Å². The lowest BCUT2D eigenvalue weighted by Gasteiger charge is -2.26. The molecule has 0 bridgehead atoms. The van der Waals surface area contributed by atoms with E-state index in [1.54, 1.807) is 12.1 Å². The van der Waals surface area contributed by atoms with Crippen molar-refractivity contribution in [1.29, 1.82) is 0 Å². The molecule has 0 aromatic heterocycles. The minimum Gasteiger partial charge on any atom is -0.490 e. The van der Waals surface area contributed by atoms with E-state index >= 15 is 0 Å². The predicted molar refractivity (Wildman–Crippen MR) is 88.6 cm³/mol. The minimum atomic E-state index is -1.02. The van der Waals surface area contributed by atoms with Gasteiger partial charge in [-0.3, -0.25) is 4.90 Å². The normalized spacial score (nSPS) is 16.1. The number of nitrogens with zero attached hydrogens (tertiary/aromatic N) is 1. The van der Waals surface area contributed by atoms with Gasteiger partial charge >= 0.3 is 5.97 Å². The largest absolute Gasteiger partial charge is 0.490 e. The van der Waals surface area contributed by atoms with Gasteiger partial charge in [0.05, 0.1) is 17.7 Å². The number of morpholine rings is 1. The Morgan fingerprint density at radius 2 is 2.18 bits per heavy atom. The standard InChI is InChI=1S/C15H17BrClNO4/c16-13-10-12(17)9-11(1-2-14(19)20)15(13)22-8-5-18-3-6-21-7-4-18/h1-2,9-10H,3-8H2,(H,19,20)/b2-1+. The first-order valence-electron chi connectivity index (χ1n) is 6.89. The van der Waals surface area contributed by atoms with Crippen LogP contribution in [0.4, 0.5) is 0 Å². The molecule has 0 spiro atoms. The molecule has 0 unspecified atom stereocenters. The van der Waals surface area contributed by atoms with E-state index in [-0.39, 0.29) is 0 Å². The minimum absolute atomic E-state index is 0.508. The van der Waals surface area contributed by atoms with Gasteiger partial charge in [-0.15, -0.1) is 0 Å². The summed E-state index contributed by atoms with van der Waals surface area (Å²) in [7, 11) is 0. The fourth-order valence-electron chi connectivity index (χ4n) is 2.12. The Labute approximate surface area is 142 Å². The van der Waals surface area contributed by atoms with Gasteiger partial charge in [0.25, 0.3) is 0 Å².